The quantitative estimate of drug-likeness (QED) is 0.514. The van der Waals surface area contributed by atoms with Crippen molar-refractivity contribution >= 4 is 23.6 Å². The Hall–Kier alpha value is -2.44. The SMILES string of the molecule is CNC(=O)C1(C)CCN(c2ccc([N+](=O)[O-])c(C=O)c2)C1. The van der Waals surface area contributed by atoms with E-state index in [1.165, 1.54) is 12.1 Å². The third-order valence-electron chi connectivity index (χ3n) is 3.95. The van der Waals surface area contributed by atoms with Crippen molar-refractivity contribution < 1.29 is 14.5 Å². The van der Waals surface area contributed by atoms with Crippen LogP contribution < -0.4 is 10.2 Å². The lowest BCUT2D eigenvalue weighted by Crippen LogP contribution is -2.39. The molecule has 112 valence electrons. The normalized spacial score (nSPS) is 21.1. The van der Waals surface area contributed by atoms with Gasteiger partial charge in [0.1, 0.15) is 0 Å². The van der Waals surface area contributed by atoms with E-state index in [4.69, 9.17) is 0 Å². The lowest BCUT2D eigenvalue weighted by molar-refractivity contribution is -0.385. The van der Waals surface area contributed by atoms with Crippen molar-refractivity contribution in [1.82, 2.24) is 5.32 Å². The summed E-state index contributed by atoms with van der Waals surface area (Å²) < 4.78 is 0. The molecule has 0 spiro atoms. The van der Waals surface area contributed by atoms with Gasteiger partial charge in [-0.3, -0.25) is 19.7 Å². The van der Waals surface area contributed by atoms with Crippen molar-refractivity contribution in [2.75, 3.05) is 25.0 Å². The maximum Gasteiger partial charge on any atom is 0.280 e. The van der Waals surface area contributed by atoms with Gasteiger partial charge in [0, 0.05) is 31.9 Å². The van der Waals surface area contributed by atoms with E-state index >= 15 is 0 Å². The molecule has 1 aromatic carbocycles. The lowest BCUT2D eigenvalue weighted by atomic mass is 9.89. The highest BCUT2D eigenvalue weighted by molar-refractivity contribution is 5.85. The van der Waals surface area contributed by atoms with E-state index in [2.05, 4.69) is 5.32 Å². The van der Waals surface area contributed by atoms with Gasteiger partial charge in [-0.15, -0.1) is 0 Å². The van der Waals surface area contributed by atoms with Gasteiger partial charge in [0.05, 0.1) is 15.9 Å². The number of aldehydes is 1. The van der Waals surface area contributed by atoms with Gasteiger partial charge in [0.15, 0.2) is 6.29 Å². The summed E-state index contributed by atoms with van der Waals surface area (Å²) in [6.45, 7) is 3.07. The number of carbonyl (C=O) groups excluding carboxylic acids is 2. The van der Waals surface area contributed by atoms with Gasteiger partial charge < -0.3 is 10.2 Å². The predicted octanol–water partition coefficient (Wildman–Crippen LogP) is 1.37. The minimum Gasteiger partial charge on any atom is -0.370 e. The van der Waals surface area contributed by atoms with Crippen LogP contribution in [0.4, 0.5) is 11.4 Å². The highest BCUT2D eigenvalue weighted by atomic mass is 16.6. The molecule has 0 bridgehead atoms. The van der Waals surface area contributed by atoms with Crippen LogP contribution in [0.25, 0.3) is 0 Å². The van der Waals surface area contributed by atoms with E-state index in [1.54, 1.807) is 13.1 Å². The number of hydrogen-bond acceptors (Lipinski definition) is 5. The molecule has 0 aliphatic carbocycles. The fraction of sp³-hybridized carbons (Fsp3) is 0.429. The number of amides is 1. The summed E-state index contributed by atoms with van der Waals surface area (Å²) in [5, 5.41) is 13.5. The number of nitrogens with one attached hydrogen (secondary N) is 1. The van der Waals surface area contributed by atoms with Crippen molar-refractivity contribution in [3.63, 3.8) is 0 Å². The molecular formula is C14H17N3O4. The van der Waals surface area contributed by atoms with Gasteiger partial charge in [-0.2, -0.15) is 0 Å². The zero-order valence-electron chi connectivity index (χ0n) is 12.0. The molecule has 0 saturated carbocycles. The number of nitro benzene ring substituents is 1. The summed E-state index contributed by atoms with van der Waals surface area (Å²) >= 11 is 0. The Morgan fingerprint density at radius 1 is 1.52 bits per heavy atom. The highest BCUT2D eigenvalue weighted by Crippen LogP contribution is 2.34. The summed E-state index contributed by atoms with van der Waals surface area (Å²) in [6.07, 6.45) is 1.18. The third-order valence-corrected chi connectivity index (χ3v) is 3.95. The first-order valence-corrected chi connectivity index (χ1v) is 6.62. The van der Waals surface area contributed by atoms with Gasteiger partial charge in [-0.25, -0.2) is 0 Å². The van der Waals surface area contributed by atoms with Crippen LogP contribution in [-0.4, -0.2) is 37.3 Å². The number of hydrogen-bond donors (Lipinski definition) is 1. The molecule has 1 aliphatic heterocycles. The molecule has 1 fully saturated rings. The fourth-order valence-electron chi connectivity index (χ4n) is 2.67. The number of rotatable bonds is 4. The number of nitro groups is 1. The Balaban J connectivity index is 2.27. The van der Waals surface area contributed by atoms with Crippen molar-refractivity contribution in [2.45, 2.75) is 13.3 Å². The minimum atomic E-state index is -0.577. The van der Waals surface area contributed by atoms with E-state index in [1.807, 2.05) is 11.8 Å². The number of nitrogens with zero attached hydrogens (tertiary/aromatic N) is 2. The molecule has 1 aliphatic rings. The average Bonchev–Trinajstić information content (AvgIpc) is 2.89. The first kappa shape index (κ1) is 15.0. The van der Waals surface area contributed by atoms with Crippen LogP contribution in [0.3, 0.4) is 0 Å². The summed E-state index contributed by atoms with van der Waals surface area (Å²) in [5.41, 5.74) is 0.0705. The van der Waals surface area contributed by atoms with Gasteiger partial charge in [0.25, 0.3) is 5.69 Å². The fourth-order valence-corrected chi connectivity index (χ4v) is 2.67. The number of benzene rings is 1. The van der Waals surface area contributed by atoms with Crippen LogP contribution in [0.1, 0.15) is 23.7 Å². The minimum absolute atomic E-state index is 0.0254. The van der Waals surface area contributed by atoms with Gasteiger partial charge in [-0.1, -0.05) is 0 Å². The second-order valence-corrected chi connectivity index (χ2v) is 5.43. The highest BCUT2D eigenvalue weighted by Gasteiger charge is 2.40. The molecule has 0 aromatic heterocycles. The molecule has 0 radical (unpaired) electrons. The molecule has 1 amide bonds. The molecule has 21 heavy (non-hydrogen) atoms. The van der Waals surface area contributed by atoms with Crippen LogP contribution in [-0.2, 0) is 4.79 Å². The second kappa shape index (κ2) is 5.51. The Morgan fingerprint density at radius 3 is 2.81 bits per heavy atom. The maximum atomic E-state index is 11.9. The van der Waals surface area contributed by atoms with Crippen LogP contribution in [0.5, 0.6) is 0 Å². The largest absolute Gasteiger partial charge is 0.370 e. The first-order chi connectivity index (χ1) is 9.91. The van der Waals surface area contributed by atoms with E-state index in [-0.39, 0.29) is 17.2 Å². The zero-order chi connectivity index (χ0) is 15.6. The smallest absolute Gasteiger partial charge is 0.280 e. The van der Waals surface area contributed by atoms with Crippen molar-refractivity contribution in [1.29, 1.82) is 0 Å². The Morgan fingerprint density at radius 2 is 2.24 bits per heavy atom. The zero-order valence-corrected chi connectivity index (χ0v) is 12.0. The van der Waals surface area contributed by atoms with Crippen LogP contribution in [0.15, 0.2) is 18.2 Å². The monoisotopic (exact) mass is 291 g/mol. The lowest BCUT2D eigenvalue weighted by Gasteiger charge is -2.24. The standard InChI is InChI=1S/C14H17N3O4/c1-14(13(19)15-2)5-6-16(9-14)11-3-4-12(17(20)21)10(7-11)8-18/h3-4,7-8H,5-6,9H2,1-2H3,(H,15,19). The maximum absolute atomic E-state index is 11.9. The third kappa shape index (κ3) is 2.72. The average molecular weight is 291 g/mol. The molecule has 1 aromatic rings. The van der Waals surface area contributed by atoms with Crippen LogP contribution >= 0.6 is 0 Å². The molecule has 1 heterocycles. The molecular weight excluding hydrogens is 274 g/mol. The molecule has 7 nitrogen and oxygen atoms in total. The summed E-state index contributed by atoms with van der Waals surface area (Å²) in [7, 11) is 1.60. The molecule has 1 atom stereocenters. The second-order valence-electron chi connectivity index (χ2n) is 5.43. The van der Waals surface area contributed by atoms with Gasteiger partial charge in [-0.05, 0) is 25.5 Å². The van der Waals surface area contributed by atoms with E-state index in [0.29, 0.717) is 25.8 Å². The predicted molar refractivity (Wildman–Crippen MR) is 77.5 cm³/mol. The number of carbonyl (C=O) groups is 2. The molecule has 1 N–H and O–H groups in total. The Kier molecular flexibility index (Phi) is 3.93. The number of anilines is 1. The van der Waals surface area contributed by atoms with Crippen LogP contribution in [0.2, 0.25) is 0 Å². The van der Waals surface area contributed by atoms with E-state index in [0.717, 1.165) is 5.69 Å². The molecule has 2 rings (SSSR count). The summed E-state index contributed by atoms with van der Waals surface area (Å²) in [6, 6.07) is 4.44. The molecule has 1 unspecified atom stereocenters. The van der Waals surface area contributed by atoms with E-state index in [9.17, 15) is 19.7 Å². The summed E-state index contributed by atoms with van der Waals surface area (Å²) in [5.74, 6) is -0.0254. The Bertz CT molecular complexity index is 602. The van der Waals surface area contributed by atoms with Crippen LogP contribution in [0, 0.1) is 15.5 Å². The van der Waals surface area contributed by atoms with Crippen molar-refractivity contribution in [3.8, 4) is 0 Å². The first-order valence-electron chi connectivity index (χ1n) is 6.62. The molecule has 7 heteroatoms. The van der Waals surface area contributed by atoms with Gasteiger partial charge in [0.2, 0.25) is 5.91 Å². The summed E-state index contributed by atoms with van der Waals surface area (Å²) in [4.78, 5) is 35.1. The Labute approximate surface area is 122 Å². The molecule has 1 saturated heterocycles. The van der Waals surface area contributed by atoms with E-state index < -0.39 is 10.3 Å². The van der Waals surface area contributed by atoms with Crippen molar-refractivity contribution in [3.05, 3.63) is 33.9 Å². The van der Waals surface area contributed by atoms with Crippen molar-refractivity contribution in [2.24, 2.45) is 5.41 Å². The topological polar surface area (TPSA) is 92.6 Å². The van der Waals surface area contributed by atoms with Gasteiger partial charge >= 0.3 is 0 Å².